The van der Waals surface area contributed by atoms with Crippen LogP contribution < -0.4 is 9.64 Å². The Morgan fingerprint density at radius 2 is 1.75 bits per heavy atom. The van der Waals surface area contributed by atoms with Crippen molar-refractivity contribution in [1.82, 2.24) is 0 Å². The Kier molecular flexibility index (Phi) is 2.38. The number of hydrogen-bond acceptors (Lipinski definition) is 2. The Bertz CT molecular complexity index is 679. The summed E-state index contributed by atoms with van der Waals surface area (Å²) in [4.78, 5) is 2.43. The molecule has 4 rings (SSSR count). The lowest BCUT2D eigenvalue weighted by Crippen LogP contribution is -2.19. The first-order valence-corrected chi connectivity index (χ1v) is 7.22. The Morgan fingerprint density at radius 1 is 1.00 bits per heavy atom. The predicted octanol–water partition coefficient (Wildman–Crippen LogP) is 4.09. The number of nitrogens with zero attached hydrogens (tertiary/aromatic N) is 1. The number of likely N-dealkylation sites (N-methyl/N-ethyl adjacent to an activating group) is 1. The molecule has 102 valence electrons. The molecule has 0 spiro atoms. The summed E-state index contributed by atoms with van der Waals surface area (Å²) in [5, 5.41) is 0. The number of benzene rings is 2. The van der Waals surface area contributed by atoms with E-state index in [1.54, 1.807) is 7.11 Å². The molecule has 1 heterocycles. The number of methoxy groups -OCH3 is 1. The molecule has 0 aromatic heterocycles. The molecule has 2 nitrogen and oxygen atoms in total. The van der Waals surface area contributed by atoms with Crippen molar-refractivity contribution in [2.45, 2.75) is 24.8 Å². The summed E-state index contributed by atoms with van der Waals surface area (Å²) in [6, 6.07) is 15.8. The van der Waals surface area contributed by atoms with Gasteiger partial charge in [-0.05, 0) is 40.8 Å². The first kappa shape index (κ1) is 11.8. The van der Waals surface area contributed by atoms with E-state index in [-0.39, 0.29) is 0 Å². The van der Waals surface area contributed by atoms with Gasteiger partial charge in [0.05, 0.1) is 13.2 Å². The largest absolute Gasteiger partial charge is 0.497 e. The molecule has 0 N–H and O–H groups in total. The van der Waals surface area contributed by atoms with Gasteiger partial charge in [0.15, 0.2) is 0 Å². The minimum absolute atomic E-state index is 0.475. The van der Waals surface area contributed by atoms with Gasteiger partial charge in [0, 0.05) is 18.7 Å². The highest BCUT2D eigenvalue weighted by Crippen LogP contribution is 2.60. The fraction of sp³-hybridized carbons (Fsp3) is 0.333. The molecule has 2 aromatic rings. The van der Waals surface area contributed by atoms with Gasteiger partial charge < -0.3 is 9.64 Å². The Balaban J connectivity index is 1.90. The molecule has 1 aliphatic heterocycles. The maximum atomic E-state index is 5.42. The van der Waals surface area contributed by atoms with Crippen molar-refractivity contribution in [2.75, 3.05) is 19.1 Å². The molecule has 0 amide bonds. The lowest BCUT2D eigenvalue weighted by atomic mass is 9.88. The molecule has 2 heteroatoms. The second-order valence-corrected chi connectivity index (χ2v) is 5.92. The van der Waals surface area contributed by atoms with E-state index in [1.165, 1.54) is 22.4 Å². The Hall–Kier alpha value is -1.96. The highest BCUT2D eigenvalue weighted by atomic mass is 16.5. The van der Waals surface area contributed by atoms with Crippen molar-refractivity contribution in [1.29, 1.82) is 0 Å². The quantitative estimate of drug-likeness (QED) is 0.770. The molecular weight excluding hydrogens is 246 g/mol. The van der Waals surface area contributed by atoms with Crippen molar-refractivity contribution >= 4 is 5.69 Å². The van der Waals surface area contributed by atoms with Crippen molar-refractivity contribution < 1.29 is 4.74 Å². The summed E-state index contributed by atoms with van der Waals surface area (Å²) in [5.41, 5.74) is 5.77. The van der Waals surface area contributed by atoms with Gasteiger partial charge in [-0.1, -0.05) is 31.2 Å². The maximum Gasteiger partial charge on any atom is 0.119 e. The van der Waals surface area contributed by atoms with Gasteiger partial charge in [-0.25, -0.2) is 0 Å². The molecule has 0 saturated heterocycles. The normalized spacial score (nSPS) is 26.1. The van der Waals surface area contributed by atoms with E-state index in [0.29, 0.717) is 17.9 Å². The number of rotatable bonds is 1. The summed E-state index contributed by atoms with van der Waals surface area (Å²) in [6.07, 6.45) is 0. The van der Waals surface area contributed by atoms with Gasteiger partial charge in [0.2, 0.25) is 0 Å². The molecule has 1 aliphatic carbocycles. The zero-order valence-electron chi connectivity index (χ0n) is 12.1. The van der Waals surface area contributed by atoms with Crippen LogP contribution in [-0.4, -0.2) is 14.2 Å². The van der Waals surface area contributed by atoms with Gasteiger partial charge in [-0.3, -0.25) is 0 Å². The summed E-state index contributed by atoms with van der Waals surface area (Å²) >= 11 is 0. The molecule has 3 unspecified atom stereocenters. The standard InChI is InChI=1S/C18H19NO/c1-11-13-6-4-5-7-14(13)18-17(11)15-10-12(20-3)8-9-16(15)19(18)2/h4-11,17-18H,1-3H3. The van der Waals surface area contributed by atoms with Crippen LogP contribution in [0.1, 0.15) is 41.5 Å². The maximum absolute atomic E-state index is 5.42. The number of ether oxygens (including phenoxy) is 1. The Morgan fingerprint density at radius 3 is 2.50 bits per heavy atom. The summed E-state index contributed by atoms with van der Waals surface area (Å²) in [7, 11) is 3.95. The summed E-state index contributed by atoms with van der Waals surface area (Å²) < 4.78 is 5.42. The van der Waals surface area contributed by atoms with Gasteiger partial charge >= 0.3 is 0 Å². The van der Waals surface area contributed by atoms with E-state index < -0.39 is 0 Å². The van der Waals surface area contributed by atoms with E-state index in [9.17, 15) is 0 Å². The molecule has 0 saturated carbocycles. The minimum atomic E-state index is 0.475. The third-order valence-corrected chi connectivity index (χ3v) is 5.08. The van der Waals surface area contributed by atoms with E-state index >= 15 is 0 Å². The monoisotopic (exact) mass is 265 g/mol. The van der Waals surface area contributed by atoms with E-state index in [4.69, 9.17) is 4.74 Å². The van der Waals surface area contributed by atoms with Gasteiger partial charge in [0.1, 0.15) is 5.75 Å². The lowest BCUT2D eigenvalue weighted by molar-refractivity contribution is 0.413. The van der Waals surface area contributed by atoms with Crippen molar-refractivity contribution in [2.24, 2.45) is 0 Å². The summed E-state index contributed by atoms with van der Waals surface area (Å²) in [5.74, 6) is 2.07. The third kappa shape index (κ3) is 1.34. The van der Waals surface area contributed by atoms with Gasteiger partial charge in [0.25, 0.3) is 0 Å². The van der Waals surface area contributed by atoms with Crippen LogP contribution >= 0.6 is 0 Å². The number of hydrogen-bond donors (Lipinski definition) is 0. The molecule has 2 aromatic carbocycles. The molecule has 0 fully saturated rings. The highest BCUT2D eigenvalue weighted by molar-refractivity contribution is 5.68. The van der Waals surface area contributed by atoms with Crippen LogP contribution in [-0.2, 0) is 0 Å². The minimum Gasteiger partial charge on any atom is -0.497 e. The molecule has 0 bridgehead atoms. The van der Waals surface area contributed by atoms with Crippen LogP contribution in [0.15, 0.2) is 42.5 Å². The Labute approximate surface area is 120 Å². The topological polar surface area (TPSA) is 12.5 Å². The van der Waals surface area contributed by atoms with Crippen molar-refractivity contribution in [3.63, 3.8) is 0 Å². The van der Waals surface area contributed by atoms with Gasteiger partial charge in [-0.15, -0.1) is 0 Å². The predicted molar refractivity (Wildman–Crippen MR) is 81.7 cm³/mol. The van der Waals surface area contributed by atoms with Crippen LogP contribution in [0.2, 0.25) is 0 Å². The molecule has 20 heavy (non-hydrogen) atoms. The van der Waals surface area contributed by atoms with Crippen molar-refractivity contribution in [3.05, 3.63) is 59.2 Å². The SMILES string of the molecule is COc1ccc2c(c1)C1C(C)c3ccccc3C1N2C. The zero-order valence-corrected chi connectivity index (χ0v) is 12.1. The third-order valence-electron chi connectivity index (χ3n) is 5.08. The van der Waals surface area contributed by atoms with Crippen LogP contribution in [0, 0.1) is 0 Å². The fourth-order valence-corrected chi connectivity index (χ4v) is 4.14. The van der Waals surface area contributed by atoms with Gasteiger partial charge in [-0.2, -0.15) is 0 Å². The highest BCUT2D eigenvalue weighted by Gasteiger charge is 2.47. The number of fused-ring (bicyclic) bond motifs is 5. The average Bonchev–Trinajstić information content (AvgIpc) is 2.95. The van der Waals surface area contributed by atoms with Crippen LogP contribution in [0.3, 0.4) is 0 Å². The lowest BCUT2D eigenvalue weighted by Gasteiger charge is -2.23. The van der Waals surface area contributed by atoms with E-state index in [2.05, 4.69) is 61.3 Å². The first-order valence-electron chi connectivity index (χ1n) is 7.22. The zero-order chi connectivity index (χ0) is 13.9. The van der Waals surface area contributed by atoms with E-state index in [0.717, 1.165) is 5.75 Å². The summed E-state index contributed by atoms with van der Waals surface area (Å²) in [6.45, 7) is 2.35. The number of anilines is 1. The second-order valence-electron chi connectivity index (χ2n) is 5.92. The van der Waals surface area contributed by atoms with Crippen LogP contribution in [0.4, 0.5) is 5.69 Å². The first-order chi connectivity index (χ1) is 9.72. The average molecular weight is 265 g/mol. The smallest absolute Gasteiger partial charge is 0.119 e. The van der Waals surface area contributed by atoms with Crippen LogP contribution in [0.5, 0.6) is 5.75 Å². The molecule has 3 atom stereocenters. The van der Waals surface area contributed by atoms with Crippen LogP contribution in [0.25, 0.3) is 0 Å². The molecule has 2 aliphatic rings. The van der Waals surface area contributed by atoms with Crippen molar-refractivity contribution in [3.8, 4) is 5.75 Å². The second kappa shape index (κ2) is 4.02. The van der Waals surface area contributed by atoms with E-state index in [1.807, 2.05) is 0 Å². The molecule has 0 radical (unpaired) electrons. The fourth-order valence-electron chi connectivity index (χ4n) is 4.14. The molecular formula is C18H19NO.